The lowest BCUT2D eigenvalue weighted by Gasteiger charge is -2.30. The maximum Gasteiger partial charge on any atom is 0.143 e. The van der Waals surface area contributed by atoms with Crippen LogP contribution in [0.1, 0.15) is 22.3 Å². The lowest BCUT2D eigenvalue weighted by Crippen LogP contribution is -2.25. The number of aromatic nitrogens is 1. The summed E-state index contributed by atoms with van der Waals surface area (Å²) in [6.45, 7) is 0. The van der Waals surface area contributed by atoms with E-state index in [1.807, 2.05) is 12.3 Å². The molecule has 2 aliphatic carbocycles. The third-order valence-electron chi connectivity index (χ3n) is 10.8. The molecule has 0 aliphatic heterocycles. The van der Waals surface area contributed by atoms with Gasteiger partial charge in [-0.05, 0) is 73.8 Å². The Labute approximate surface area is 277 Å². The quantitative estimate of drug-likeness (QED) is 0.195. The van der Waals surface area contributed by atoms with Crippen LogP contribution < -0.4 is 0 Å². The van der Waals surface area contributed by atoms with Crippen molar-refractivity contribution in [1.82, 2.24) is 4.98 Å². The van der Waals surface area contributed by atoms with Gasteiger partial charge in [-0.3, -0.25) is 4.98 Å². The van der Waals surface area contributed by atoms with Crippen molar-refractivity contribution in [2.24, 2.45) is 0 Å². The first kappa shape index (κ1) is 25.9. The number of pyridine rings is 1. The van der Waals surface area contributed by atoms with Gasteiger partial charge in [0.2, 0.25) is 0 Å². The molecule has 2 aliphatic rings. The summed E-state index contributed by atoms with van der Waals surface area (Å²) < 4.78 is 6.90. The summed E-state index contributed by atoms with van der Waals surface area (Å²) in [7, 11) is 0. The van der Waals surface area contributed by atoms with Gasteiger partial charge in [0.05, 0.1) is 10.9 Å². The van der Waals surface area contributed by atoms with Crippen LogP contribution in [0.3, 0.4) is 0 Å². The van der Waals surface area contributed by atoms with E-state index in [0.29, 0.717) is 0 Å². The van der Waals surface area contributed by atoms with E-state index in [4.69, 9.17) is 4.42 Å². The van der Waals surface area contributed by atoms with E-state index in [-0.39, 0.29) is 5.41 Å². The van der Waals surface area contributed by atoms with Crippen molar-refractivity contribution in [2.75, 3.05) is 0 Å². The molecule has 9 aromatic rings. The Balaban J connectivity index is 1.12. The minimum Gasteiger partial charge on any atom is -0.455 e. The van der Waals surface area contributed by atoms with E-state index in [1.54, 1.807) is 0 Å². The molecule has 0 unspecified atom stereocenters. The SMILES string of the molecule is c1ccc2c(c1)-c1ccccc1C21c2ccccc2-c2cc3c(cc21)oc1c(-c2ccc(-c4cccc5cccnc45)cc2)cccc13. The van der Waals surface area contributed by atoms with Crippen molar-refractivity contribution >= 4 is 32.8 Å². The van der Waals surface area contributed by atoms with Crippen LogP contribution in [0.4, 0.5) is 0 Å². The molecule has 7 aromatic carbocycles. The normalized spacial score (nSPS) is 13.6. The number of nitrogens with zero attached hydrogens (tertiary/aromatic N) is 1. The third-order valence-corrected chi connectivity index (χ3v) is 10.8. The monoisotopic (exact) mass is 609 g/mol. The van der Waals surface area contributed by atoms with Crippen molar-refractivity contribution in [3.8, 4) is 44.5 Å². The Hall–Kier alpha value is -6.25. The van der Waals surface area contributed by atoms with Gasteiger partial charge in [0, 0.05) is 33.5 Å². The van der Waals surface area contributed by atoms with E-state index in [2.05, 4.69) is 157 Å². The predicted octanol–water partition coefficient (Wildman–Crippen LogP) is 11.8. The van der Waals surface area contributed by atoms with Crippen LogP contribution in [0, 0.1) is 0 Å². The van der Waals surface area contributed by atoms with Gasteiger partial charge in [-0.25, -0.2) is 0 Å². The molecule has 0 amide bonds. The van der Waals surface area contributed by atoms with Crippen molar-refractivity contribution in [3.05, 3.63) is 186 Å². The largest absolute Gasteiger partial charge is 0.455 e. The molecule has 0 bridgehead atoms. The minimum atomic E-state index is -0.387. The topological polar surface area (TPSA) is 26.0 Å². The molecule has 0 saturated heterocycles. The fraction of sp³-hybridized carbons (Fsp3) is 0.0217. The molecule has 48 heavy (non-hydrogen) atoms. The van der Waals surface area contributed by atoms with Crippen LogP contribution in [0.5, 0.6) is 0 Å². The van der Waals surface area contributed by atoms with Gasteiger partial charge in [-0.1, -0.05) is 140 Å². The highest BCUT2D eigenvalue weighted by atomic mass is 16.3. The molecule has 2 heterocycles. The maximum absolute atomic E-state index is 6.90. The van der Waals surface area contributed by atoms with Gasteiger partial charge < -0.3 is 4.42 Å². The summed E-state index contributed by atoms with van der Waals surface area (Å²) in [6.07, 6.45) is 1.86. The van der Waals surface area contributed by atoms with Crippen LogP contribution in [-0.2, 0) is 5.41 Å². The smallest absolute Gasteiger partial charge is 0.143 e. The van der Waals surface area contributed by atoms with E-state index >= 15 is 0 Å². The molecule has 2 aromatic heterocycles. The Morgan fingerprint density at radius 2 is 0.979 bits per heavy atom. The van der Waals surface area contributed by atoms with E-state index in [9.17, 15) is 0 Å². The zero-order valence-corrected chi connectivity index (χ0v) is 25.9. The number of hydrogen-bond acceptors (Lipinski definition) is 2. The molecule has 0 radical (unpaired) electrons. The summed E-state index contributed by atoms with van der Waals surface area (Å²) in [5.41, 5.74) is 17.5. The second-order valence-corrected chi connectivity index (χ2v) is 13.0. The fourth-order valence-corrected chi connectivity index (χ4v) is 8.78. The Morgan fingerprint density at radius 1 is 0.417 bits per heavy atom. The Kier molecular flexibility index (Phi) is 5.07. The van der Waals surface area contributed by atoms with Gasteiger partial charge in [0.1, 0.15) is 11.2 Å². The van der Waals surface area contributed by atoms with Crippen molar-refractivity contribution < 1.29 is 4.42 Å². The second kappa shape index (κ2) is 9.40. The summed E-state index contributed by atoms with van der Waals surface area (Å²) in [5.74, 6) is 0. The van der Waals surface area contributed by atoms with Crippen molar-refractivity contribution in [3.63, 3.8) is 0 Å². The molecule has 1 spiro atoms. The highest BCUT2D eigenvalue weighted by Crippen LogP contribution is 2.63. The number of fused-ring (bicyclic) bond motifs is 14. The molecule has 222 valence electrons. The Bertz CT molecular complexity index is 2730. The second-order valence-electron chi connectivity index (χ2n) is 13.0. The van der Waals surface area contributed by atoms with Gasteiger partial charge in [0.25, 0.3) is 0 Å². The molecular weight excluding hydrogens is 583 g/mol. The molecular formula is C46H27NO. The van der Waals surface area contributed by atoms with Crippen LogP contribution in [0.2, 0.25) is 0 Å². The number of rotatable bonds is 2. The first-order valence-corrected chi connectivity index (χ1v) is 16.5. The molecule has 0 N–H and O–H groups in total. The van der Waals surface area contributed by atoms with Crippen LogP contribution in [0.25, 0.3) is 77.3 Å². The van der Waals surface area contributed by atoms with Gasteiger partial charge in [-0.15, -0.1) is 0 Å². The van der Waals surface area contributed by atoms with Crippen LogP contribution in [0.15, 0.2) is 168 Å². The summed E-state index contributed by atoms with van der Waals surface area (Å²) >= 11 is 0. The lowest BCUT2D eigenvalue weighted by atomic mass is 9.70. The van der Waals surface area contributed by atoms with Gasteiger partial charge in [-0.2, -0.15) is 0 Å². The van der Waals surface area contributed by atoms with Crippen LogP contribution >= 0.6 is 0 Å². The molecule has 2 nitrogen and oxygen atoms in total. The first-order valence-electron chi connectivity index (χ1n) is 16.5. The molecule has 0 atom stereocenters. The first-order chi connectivity index (χ1) is 23.8. The number of benzene rings is 7. The zero-order valence-electron chi connectivity index (χ0n) is 25.9. The Morgan fingerprint density at radius 3 is 1.69 bits per heavy atom. The highest BCUT2D eigenvalue weighted by Gasteiger charge is 2.51. The highest BCUT2D eigenvalue weighted by molar-refractivity contribution is 6.12. The number of para-hydroxylation sites is 2. The summed E-state index contributed by atoms with van der Waals surface area (Å²) in [6, 6.07) is 57.4. The standard InChI is InChI=1S/C46H27NO/c1-4-18-39-33(12-1)34-13-2-5-19-40(34)46(39)41-20-6-3-14-35(41)37-26-38-36-17-8-16-32(45(36)48-43(38)27-42(37)46)29-23-21-28(22-24-29)31-15-7-10-30-11-9-25-47-44(30)31/h1-27H. The van der Waals surface area contributed by atoms with Gasteiger partial charge >= 0.3 is 0 Å². The summed E-state index contributed by atoms with van der Waals surface area (Å²) in [5, 5.41) is 3.43. The molecule has 2 heteroatoms. The molecule has 11 rings (SSSR count). The maximum atomic E-state index is 6.90. The third kappa shape index (κ3) is 3.24. The average Bonchev–Trinajstić information content (AvgIpc) is 3.77. The number of hydrogen-bond donors (Lipinski definition) is 0. The van der Waals surface area contributed by atoms with Crippen LogP contribution in [-0.4, -0.2) is 4.98 Å². The van der Waals surface area contributed by atoms with E-state index in [0.717, 1.165) is 55.1 Å². The fourth-order valence-electron chi connectivity index (χ4n) is 8.78. The van der Waals surface area contributed by atoms with E-state index in [1.165, 1.54) is 44.5 Å². The number of furan rings is 1. The average molecular weight is 610 g/mol. The van der Waals surface area contributed by atoms with E-state index < -0.39 is 0 Å². The van der Waals surface area contributed by atoms with Gasteiger partial charge in [0.15, 0.2) is 0 Å². The van der Waals surface area contributed by atoms with Crippen molar-refractivity contribution in [2.45, 2.75) is 5.41 Å². The molecule has 0 fully saturated rings. The molecule has 0 saturated carbocycles. The zero-order chi connectivity index (χ0) is 31.4. The van der Waals surface area contributed by atoms with Crippen molar-refractivity contribution in [1.29, 1.82) is 0 Å². The minimum absolute atomic E-state index is 0.387. The summed E-state index contributed by atoms with van der Waals surface area (Å²) in [4.78, 5) is 4.68. The predicted molar refractivity (Wildman–Crippen MR) is 196 cm³/mol. The lowest BCUT2D eigenvalue weighted by molar-refractivity contribution is 0.667.